The maximum Gasteiger partial charge on any atom is 0.262 e. The van der Waals surface area contributed by atoms with Gasteiger partial charge < -0.3 is 10.1 Å². The minimum atomic E-state index is -3.75. The minimum absolute atomic E-state index is 0.0970. The number of hydrogen-bond donors (Lipinski definition) is 2. The third-order valence-electron chi connectivity index (χ3n) is 4.62. The molecule has 0 atom stereocenters. The summed E-state index contributed by atoms with van der Waals surface area (Å²) in [6, 6.07) is 16.7. The van der Waals surface area contributed by atoms with Crippen LogP contribution in [0.2, 0.25) is 5.02 Å². The largest absolute Gasteiger partial charge is 0.484 e. The van der Waals surface area contributed by atoms with Crippen LogP contribution in [0.1, 0.15) is 16.7 Å². The third-order valence-corrected chi connectivity index (χ3v) is 6.23. The maximum absolute atomic E-state index is 12.7. The Hall–Kier alpha value is -3.03. The molecule has 0 aliphatic carbocycles. The van der Waals surface area contributed by atoms with Gasteiger partial charge in [0.15, 0.2) is 6.61 Å². The van der Waals surface area contributed by atoms with Crippen molar-refractivity contribution in [2.45, 2.75) is 25.7 Å². The molecule has 0 bridgehead atoms. The van der Waals surface area contributed by atoms with E-state index in [1.807, 2.05) is 39.0 Å². The van der Waals surface area contributed by atoms with Gasteiger partial charge in [-0.15, -0.1) is 0 Å². The molecule has 0 saturated heterocycles. The quantitative estimate of drug-likeness (QED) is 0.516. The van der Waals surface area contributed by atoms with Crippen LogP contribution in [0.3, 0.4) is 0 Å². The van der Waals surface area contributed by atoms with Crippen LogP contribution < -0.4 is 14.8 Å². The molecule has 8 heteroatoms. The lowest BCUT2D eigenvalue weighted by atomic mass is 10.1. The molecule has 162 valence electrons. The molecule has 0 radical (unpaired) electrons. The number of sulfonamides is 1. The van der Waals surface area contributed by atoms with Gasteiger partial charge in [0.2, 0.25) is 0 Å². The molecule has 0 saturated carbocycles. The Morgan fingerprint density at radius 2 is 1.55 bits per heavy atom. The number of carbonyl (C=O) groups excluding carboxylic acids is 1. The summed E-state index contributed by atoms with van der Waals surface area (Å²) in [5.74, 6) is 0.0299. The average Bonchev–Trinajstić information content (AvgIpc) is 2.72. The van der Waals surface area contributed by atoms with E-state index >= 15 is 0 Å². The lowest BCUT2D eigenvalue weighted by molar-refractivity contribution is -0.118. The molecular formula is C23H23ClN2O4S. The smallest absolute Gasteiger partial charge is 0.262 e. The topological polar surface area (TPSA) is 84.5 Å². The second kappa shape index (κ2) is 9.41. The van der Waals surface area contributed by atoms with Gasteiger partial charge in [0.05, 0.1) is 10.6 Å². The number of benzene rings is 3. The highest BCUT2D eigenvalue weighted by atomic mass is 35.5. The van der Waals surface area contributed by atoms with Crippen molar-refractivity contribution in [3.05, 3.63) is 82.4 Å². The number of aryl methyl sites for hydroxylation is 3. The highest BCUT2D eigenvalue weighted by Crippen LogP contribution is 2.23. The van der Waals surface area contributed by atoms with Crippen LogP contribution in [0.25, 0.3) is 0 Å². The van der Waals surface area contributed by atoms with Crippen LogP contribution in [0.4, 0.5) is 11.4 Å². The molecule has 3 aromatic rings. The van der Waals surface area contributed by atoms with E-state index in [0.29, 0.717) is 22.1 Å². The van der Waals surface area contributed by atoms with E-state index in [1.165, 1.54) is 24.3 Å². The molecule has 0 heterocycles. The van der Waals surface area contributed by atoms with Crippen molar-refractivity contribution in [2.75, 3.05) is 16.6 Å². The zero-order valence-electron chi connectivity index (χ0n) is 17.4. The number of halogens is 1. The first-order valence-corrected chi connectivity index (χ1v) is 11.4. The van der Waals surface area contributed by atoms with E-state index in [0.717, 1.165) is 16.7 Å². The van der Waals surface area contributed by atoms with Crippen molar-refractivity contribution in [3.8, 4) is 5.75 Å². The van der Waals surface area contributed by atoms with Gasteiger partial charge in [-0.2, -0.15) is 0 Å². The number of carbonyl (C=O) groups is 1. The monoisotopic (exact) mass is 458 g/mol. The van der Waals surface area contributed by atoms with Crippen molar-refractivity contribution >= 4 is 38.9 Å². The van der Waals surface area contributed by atoms with Crippen LogP contribution >= 0.6 is 11.6 Å². The Morgan fingerprint density at radius 1 is 0.903 bits per heavy atom. The number of hydrogen-bond acceptors (Lipinski definition) is 4. The maximum atomic E-state index is 12.7. The summed E-state index contributed by atoms with van der Waals surface area (Å²) in [5.41, 5.74) is 3.81. The molecule has 0 spiro atoms. The molecule has 0 aliphatic heterocycles. The Labute approximate surface area is 187 Å². The van der Waals surface area contributed by atoms with Gasteiger partial charge in [-0.25, -0.2) is 8.42 Å². The van der Waals surface area contributed by atoms with E-state index in [1.54, 1.807) is 18.2 Å². The standard InChI is InChI=1S/C23H23ClN2O4S/c1-15-4-5-17(3)22(12-15)26-31(28,29)20-10-8-19(9-11-20)30-14-23(27)25-21-13-18(24)7-6-16(21)2/h4-13,26H,14H2,1-3H3,(H,25,27). The summed E-state index contributed by atoms with van der Waals surface area (Å²) in [5, 5.41) is 3.26. The number of amides is 1. The molecule has 0 fully saturated rings. The Kier molecular flexibility index (Phi) is 6.87. The summed E-state index contributed by atoms with van der Waals surface area (Å²) in [7, 11) is -3.75. The number of nitrogens with one attached hydrogen (secondary N) is 2. The molecule has 2 N–H and O–H groups in total. The first-order chi connectivity index (χ1) is 14.6. The van der Waals surface area contributed by atoms with Gasteiger partial charge in [0, 0.05) is 10.7 Å². The molecule has 0 aliphatic rings. The van der Waals surface area contributed by atoms with Crippen molar-refractivity contribution in [2.24, 2.45) is 0 Å². The van der Waals surface area contributed by atoms with Gasteiger partial charge in [-0.3, -0.25) is 9.52 Å². The van der Waals surface area contributed by atoms with Crippen LogP contribution in [0.15, 0.2) is 65.6 Å². The van der Waals surface area contributed by atoms with Gasteiger partial charge in [0.1, 0.15) is 5.75 Å². The van der Waals surface area contributed by atoms with Crippen LogP contribution in [-0.4, -0.2) is 20.9 Å². The molecular weight excluding hydrogens is 436 g/mol. The van der Waals surface area contributed by atoms with Crippen LogP contribution in [0, 0.1) is 20.8 Å². The summed E-state index contributed by atoms with van der Waals surface area (Å²) in [6.45, 7) is 5.37. The van der Waals surface area contributed by atoms with Crippen molar-refractivity contribution in [1.29, 1.82) is 0 Å². The van der Waals surface area contributed by atoms with E-state index in [2.05, 4.69) is 10.0 Å². The summed E-state index contributed by atoms with van der Waals surface area (Å²) >= 11 is 5.96. The average molecular weight is 459 g/mol. The highest BCUT2D eigenvalue weighted by molar-refractivity contribution is 7.92. The van der Waals surface area contributed by atoms with Gasteiger partial charge in [-0.1, -0.05) is 29.8 Å². The van der Waals surface area contributed by atoms with Crippen LogP contribution in [0.5, 0.6) is 5.75 Å². The van der Waals surface area contributed by atoms with E-state index < -0.39 is 10.0 Å². The first-order valence-electron chi connectivity index (χ1n) is 9.53. The third kappa shape index (κ3) is 5.99. The van der Waals surface area contributed by atoms with Gasteiger partial charge >= 0.3 is 0 Å². The fourth-order valence-corrected chi connectivity index (χ4v) is 4.12. The predicted molar refractivity (Wildman–Crippen MR) is 123 cm³/mol. The normalized spacial score (nSPS) is 11.1. The molecule has 1 amide bonds. The first kappa shape index (κ1) is 22.7. The number of ether oxygens (including phenoxy) is 1. The zero-order chi connectivity index (χ0) is 22.6. The number of anilines is 2. The van der Waals surface area contributed by atoms with E-state index in [4.69, 9.17) is 16.3 Å². The highest BCUT2D eigenvalue weighted by Gasteiger charge is 2.16. The Bertz CT molecular complexity index is 1210. The molecule has 3 rings (SSSR count). The summed E-state index contributed by atoms with van der Waals surface area (Å²) in [4.78, 5) is 12.3. The van der Waals surface area contributed by atoms with Gasteiger partial charge in [0.25, 0.3) is 15.9 Å². The fraction of sp³-hybridized carbons (Fsp3) is 0.174. The minimum Gasteiger partial charge on any atom is -0.484 e. The number of rotatable bonds is 7. The van der Waals surface area contributed by atoms with Crippen molar-refractivity contribution < 1.29 is 17.9 Å². The second-order valence-corrected chi connectivity index (χ2v) is 9.31. The summed E-state index contributed by atoms with van der Waals surface area (Å²) in [6.07, 6.45) is 0. The molecule has 0 aromatic heterocycles. The molecule has 0 unspecified atom stereocenters. The molecule has 3 aromatic carbocycles. The van der Waals surface area contributed by atoms with Crippen molar-refractivity contribution in [3.63, 3.8) is 0 Å². The SMILES string of the molecule is Cc1ccc(C)c(NS(=O)(=O)c2ccc(OCC(=O)Nc3cc(Cl)ccc3C)cc2)c1. The van der Waals surface area contributed by atoms with Crippen molar-refractivity contribution in [1.82, 2.24) is 0 Å². The van der Waals surface area contributed by atoms with E-state index in [-0.39, 0.29) is 17.4 Å². The molecule has 31 heavy (non-hydrogen) atoms. The van der Waals surface area contributed by atoms with Gasteiger partial charge in [-0.05, 0) is 79.9 Å². The molecule has 6 nitrogen and oxygen atoms in total. The second-order valence-electron chi connectivity index (χ2n) is 7.19. The summed E-state index contributed by atoms with van der Waals surface area (Å²) < 4.78 is 33.4. The fourth-order valence-electron chi connectivity index (χ4n) is 2.83. The Morgan fingerprint density at radius 3 is 2.26 bits per heavy atom. The predicted octanol–water partition coefficient (Wildman–Crippen LogP) is 5.08. The lowest BCUT2D eigenvalue weighted by Gasteiger charge is -2.12. The van der Waals surface area contributed by atoms with E-state index in [9.17, 15) is 13.2 Å². The Balaban J connectivity index is 1.62. The zero-order valence-corrected chi connectivity index (χ0v) is 19.0. The lowest BCUT2D eigenvalue weighted by Crippen LogP contribution is -2.20. The van der Waals surface area contributed by atoms with Crippen LogP contribution in [-0.2, 0) is 14.8 Å².